The Kier molecular flexibility index (Phi) is 4.99. The van der Waals surface area contributed by atoms with Crippen LogP contribution in [0.1, 0.15) is 24.2 Å². The van der Waals surface area contributed by atoms with Gasteiger partial charge in [0.05, 0.1) is 7.11 Å². The first-order valence-corrected chi connectivity index (χ1v) is 7.04. The first-order chi connectivity index (χ1) is 10.5. The Balaban J connectivity index is 2.18. The van der Waals surface area contributed by atoms with E-state index in [1.54, 1.807) is 12.1 Å². The van der Waals surface area contributed by atoms with Gasteiger partial charge in [-0.25, -0.2) is 4.79 Å². The zero-order chi connectivity index (χ0) is 16.1. The van der Waals surface area contributed by atoms with E-state index in [2.05, 4.69) is 5.32 Å². The highest BCUT2D eigenvalue weighted by Crippen LogP contribution is 2.26. The van der Waals surface area contributed by atoms with Gasteiger partial charge in [-0.15, -0.1) is 0 Å². The van der Waals surface area contributed by atoms with E-state index < -0.39 is 5.97 Å². The van der Waals surface area contributed by atoms with Crippen LogP contribution in [0, 0.1) is 0 Å². The van der Waals surface area contributed by atoms with Crippen molar-refractivity contribution in [3.05, 3.63) is 42.0 Å². The number of amides is 1. The molecule has 0 atom stereocenters. The summed E-state index contributed by atoms with van der Waals surface area (Å²) in [6.45, 7) is 3.37. The highest BCUT2D eigenvalue weighted by atomic mass is 16.5. The molecule has 5 heteroatoms. The van der Waals surface area contributed by atoms with Gasteiger partial charge in [0.25, 0.3) is 5.91 Å². The molecule has 116 valence electrons. The van der Waals surface area contributed by atoms with Crippen molar-refractivity contribution >= 4 is 22.6 Å². The number of carbonyl (C=O) groups excluding carboxylic acids is 2. The van der Waals surface area contributed by atoms with Crippen LogP contribution in [0.5, 0.6) is 5.75 Å². The summed E-state index contributed by atoms with van der Waals surface area (Å²) in [7, 11) is 1.49. The van der Waals surface area contributed by atoms with E-state index in [0.717, 1.165) is 10.8 Å². The summed E-state index contributed by atoms with van der Waals surface area (Å²) in [5, 5.41) is 4.53. The van der Waals surface area contributed by atoms with Crippen molar-refractivity contribution in [2.75, 3.05) is 13.7 Å². The number of methoxy groups -OCH3 is 1. The number of hydrogen-bond donors (Lipinski definition) is 1. The number of benzene rings is 2. The molecule has 0 saturated heterocycles. The van der Waals surface area contributed by atoms with Crippen molar-refractivity contribution in [3.8, 4) is 5.75 Å². The summed E-state index contributed by atoms with van der Waals surface area (Å²) in [6.07, 6.45) is 0. The first kappa shape index (κ1) is 15.8. The fourth-order valence-electron chi connectivity index (χ4n) is 2.12. The smallest absolute Gasteiger partial charge is 0.342 e. The molecule has 0 heterocycles. The molecular weight excluding hydrogens is 282 g/mol. The summed E-state index contributed by atoms with van der Waals surface area (Å²) in [4.78, 5) is 23.7. The average molecular weight is 301 g/mol. The Morgan fingerprint density at radius 1 is 1.14 bits per heavy atom. The van der Waals surface area contributed by atoms with Crippen LogP contribution in [-0.4, -0.2) is 31.6 Å². The van der Waals surface area contributed by atoms with Gasteiger partial charge in [-0.3, -0.25) is 4.79 Å². The Morgan fingerprint density at radius 3 is 2.36 bits per heavy atom. The summed E-state index contributed by atoms with van der Waals surface area (Å²) >= 11 is 0. The molecule has 0 aromatic heterocycles. The third-order valence-corrected chi connectivity index (χ3v) is 3.07. The number of esters is 1. The Labute approximate surface area is 129 Å². The topological polar surface area (TPSA) is 64.6 Å². The third kappa shape index (κ3) is 3.75. The molecule has 22 heavy (non-hydrogen) atoms. The third-order valence-electron chi connectivity index (χ3n) is 3.07. The minimum absolute atomic E-state index is 0.00130. The lowest BCUT2D eigenvalue weighted by Crippen LogP contribution is -2.34. The van der Waals surface area contributed by atoms with E-state index >= 15 is 0 Å². The van der Waals surface area contributed by atoms with Crippen molar-refractivity contribution in [2.24, 2.45) is 0 Å². The second-order valence-electron chi connectivity index (χ2n) is 5.20. The van der Waals surface area contributed by atoms with Crippen LogP contribution < -0.4 is 10.1 Å². The fourth-order valence-corrected chi connectivity index (χ4v) is 2.12. The molecule has 1 N–H and O–H groups in total. The molecule has 2 aromatic rings. The van der Waals surface area contributed by atoms with Gasteiger partial charge in [0.2, 0.25) is 0 Å². The van der Waals surface area contributed by atoms with E-state index in [0.29, 0.717) is 11.3 Å². The van der Waals surface area contributed by atoms with Crippen molar-refractivity contribution < 1.29 is 19.1 Å². The van der Waals surface area contributed by atoms with E-state index in [9.17, 15) is 9.59 Å². The lowest BCUT2D eigenvalue weighted by Gasteiger charge is -2.11. The average Bonchev–Trinajstić information content (AvgIpc) is 2.50. The van der Waals surface area contributed by atoms with E-state index in [-0.39, 0.29) is 18.6 Å². The quantitative estimate of drug-likeness (QED) is 0.862. The SMILES string of the molecule is COc1cc2ccccc2cc1C(=O)OCC(=O)NC(C)C. The van der Waals surface area contributed by atoms with Gasteiger partial charge in [-0.2, -0.15) is 0 Å². The van der Waals surface area contributed by atoms with Crippen molar-refractivity contribution in [1.29, 1.82) is 0 Å². The van der Waals surface area contributed by atoms with Crippen LogP contribution in [-0.2, 0) is 9.53 Å². The molecule has 0 aliphatic carbocycles. The van der Waals surface area contributed by atoms with Crippen molar-refractivity contribution in [1.82, 2.24) is 5.32 Å². The maximum absolute atomic E-state index is 12.2. The summed E-state index contributed by atoms with van der Waals surface area (Å²) in [5.41, 5.74) is 0.304. The van der Waals surface area contributed by atoms with Gasteiger partial charge in [0, 0.05) is 6.04 Å². The number of rotatable bonds is 5. The van der Waals surface area contributed by atoms with Gasteiger partial charge in [-0.1, -0.05) is 24.3 Å². The van der Waals surface area contributed by atoms with Gasteiger partial charge in [0.15, 0.2) is 6.61 Å². The Hall–Kier alpha value is -2.56. The fraction of sp³-hybridized carbons (Fsp3) is 0.294. The van der Waals surface area contributed by atoms with Crippen LogP contribution >= 0.6 is 0 Å². The van der Waals surface area contributed by atoms with Crippen LogP contribution in [0.25, 0.3) is 10.8 Å². The second-order valence-corrected chi connectivity index (χ2v) is 5.20. The molecule has 0 bridgehead atoms. The predicted molar refractivity (Wildman–Crippen MR) is 84.1 cm³/mol. The zero-order valence-corrected chi connectivity index (χ0v) is 12.9. The van der Waals surface area contributed by atoms with Crippen LogP contribution in [0.3, 0.4) is 0 Å². The van der Waals surface area contributed by atoms with Crippen molar-refractivity contribution in [2.45, 2.75) is 19.9 Å². The van der Waals surface area contributed by atoms with Crippen LogP contribution in [0.15, 0.2) is 36.4 Å². The highest BCUT2D eigenvalue weighted by molar-refractivity contribution is 5.99. The van der Waals surface area contributed by atoms with Gasteiger partial charge in [0.1, 0.15) is 11.3 Å². The maximum atomic E-state index is 12.2. The monoisotopic (exact) mass is 301 g/mol. The standard InChI is InChI=1S/C17H19NO4/c1-11(2)18-16(19)10-22-17(20)14-8-12-6-4-5-7-13(12)9-15(14)21-3/h4-9,11H,10H2,1-3H3,(H,18,19). The Morgan fingerprint density at radius 2 is 1.77 bits per heavy atom. The zero-order valence-electron chi connectivity index (χ0n) is 12.9. The second kappa shape index (κ2) is 6.93. The molecule has 0 spiro atoms. The van der Waals surface area contributed by atoms with E-state index in [4.69, 9.17) is 9.47 Å². The molecule has 2 aromatic carbocycles. The normalized spacial score (nSPS) is 10.5. The minimum Gasteiger partial charge on any atom is -0.496 e. The number of ether oxygens (including phenoxy) is 2. The predicted octanol–water partition coefficient (Wildman–Crippen LogP) is 2.53. The number of fused-ring (bicyclic) bond motifs is 1. The van der Waals surface area contributed by atoms with Crippen LogP contribution in [0.4, 0.5) is 0 Å². The Bertz CT molecular complexity index is 694. The molecule has 0 aliphatic heterocycles. The molecule has 0 unspecified atom stereocenters. The lowest BCUT2D eigenvalue weighted by atomic mass is 10.1. The highest BCUT2D eigenvalue weighted by Gasteiger charge is 2.16. The maximum Gasteiger partial charge on any atom is 0.342 e. The van der Waals surface area contributed by atoms with Crippen molar-refractivity contribution in [3.63, 3.8) is 0 Å². The molecular formula is C17H19NO4. The van der Waals surface area contributed by atoms with Gasteiger partial charge < -0.3 is 14.8 Å². The minimum atomic E-state index is -0.582. The summed E-state index contributed by atoms with van der Waals surface area (Å²) in [6, 6.07) is 11.1. The first-order valence-electron chi connectivity index (χ1n) is 7.04. The summed E-state index contributed by atoms with van der Waals surface area (Å²) < 4.78 is 10.3. The molecule has 0 fully saturated rings. The van der Waals surface area contributed by atoms with Crippen LogP contribution in [0.2, 0.25) is 0 Å². The van der Waals surface area contributed by atoms with Gasteiger partial charge >= 0.3 is 5.97 Å². The molecule has 2 rings (SSSR count). The molecule has 0 aliphatic rings. The van der Waals surface area contributed by atoms with E-state index in [1.165, 1.54) is 7.11 Å². The summed E-state index contributed by atoms with van der Waals surface area (Å²) in [5.74, 6) is -0.488. The molecule has 5 nitrogen and oxygen atoms in total. The number of carbonyl (C=O) groups is 2. The number of nitrogens with one attached hydrogen (secondary N) is 1. The largest absolute Gasteiger partial charge is 0.496 e. The lowest BCUT2D eigenvalue weighted by molar-refractivity contribution is -0.124. The van der Waals surface area contributed by atoms with E-state index in [1.807, 2.05) is 38.1 Å². The molecule has 0 saturated carbocycles. The number of hydrogen-bond acceptors (Lipinski definition) is 4. The molecule has 1 amide bonds. The molecule has 0 radical (unpaired) electrons. The van der Waals surface area contributed by atoms with Gasteiger partial charge in [-0.05, 0) is 36.8 Å².